The van der Waals surface area contributed by atoms with E-state index in [9.17, 15) is 9.18 Å². The van der Waals surface area contributed by atoms with Gasteiger partial charge in [0.15, 0.2) is 9.30 Å². The first kappa shape index (κ1) is 20.2. The predicted octanol–water partition coefficient (Wildman–Crippen LogP) is 5.53. The number of carbonyl (C=O) groups excluding carboxylic acids is 1. The van der Waals surface area contributed by atoms with Crippen molar-refractivity contribution in [3.8, 4) is 11.3 Å². The minimum atomic E-state index is -0.264. The molecule has 5 nitrogen and oxygen atoms in total. The Labute approximate surface area is 190 Å². The number of thioether (sulfide) groups is 1. The molecule has 0 aliphatic rings. The second-order valence-electron chi connectivity index (χ2n) is 6.91. The molecular weight excluding hydrogens is 451 g/mol. The van der Waals surface area contributed by atoms with Gasteiger partial charge in [-0.05, 0) is 43.3 Å². The zero-order chi connectivity index (χ0) is 21.4. The summed E-state index contributed by atoms with van der Waals surface area (Å²) >= 11 is 4.61. The highest BCUT2D eigenvalue weighted by molar-refractivity contribution is 8.01. The molecule has 1 amide bonds. The summed E-state index contributed by atoms with van der Waals surface area (Å²) in [5.74, 6) is 0.0396. The Balaban J connectivity index is 1.22. The van der Waals surface area contributed by atoms with Crippen LogP contribution in [0.3, 0.4) is 0 Å². The fourth-order valence-electron chi connectivity index (χ4n) is 3.19. The lowest BCUT2D eigenvalue weighted by atomic mass is 10.2. The van der Waals surface area contributed by atoms with Gasteiger partial charge in [-0.15, -0.1) is 11.3 Å². The number of thiazole rings is 2. The van der Waals surface area contributed by atoms with Crippen LogP contribution in [-0.4, -0.2) is 26.0 Å². The summed E-state index contributed by atoms with van der Waals surface area (Å²) in [6, 6.07) is 14.3. The van der Waals surface area contributed by atoms with Crippen molar-refractivity contribution in [2.24, 2.45) is 0 Å². The molecule has 3 aromatic heterocycles. The summed E-state index contributed by atoms with van der Waals surface area (Å²) in [7, 11) is 0. The van der Waals surface area contributed by atoms with Crippen LogP contribution in [0.1, 0.15) is 10.6 Å². The van der Waals surface area contributed by atoms with E-state index in [1.807, 2.05) is 41.8 Å². The number of fused-ring (bicyclic) bond motifs is 2. The van der Waals surface area contributed by atoms with Crippen molar-refractivity contribution in [3.63, 3.8) is 0 Å². The van der Waals surface area contributed by atoms with E-state index in [1.165, 1.54) is 23.9 Å². The first-order valence-corrected chi connectivity index (χ1v) is 12.2. The number of hydrogen-bond acceptors (Lipinski definition) is 6. The van der Waals surface area contributed by atoms with Crippen LogP contribution in [0, 0.1) is 12.7 Å². The first-order valence-electron chi connectivity index (χ1n) is 9.55. The Morgan fingerprint density at radius 2 is 1.94 bits per heavy atom. The predicted molar refractivity (Wildman–Crippen MR) is 125 cm³/mol. The van der Waals surface area contributed by atoms with Crippen molar-refractivity contribution in [2.75, 3.05) is 5.75 Å². The van der Waals surface area contributed by atoms with E-state index in [-0.39, 0.29) is 11.7 Å². The Morgan fingerprint density at radius 3 is 2.71 bits per heavy atom. The van der Waals surface area contributed by atoms with E-state index in [1.54, 1.807) is 34.8 Å². The molecule has 0 aliphatic carbocycles. The number of imidazole rings is 1. The molecule has 0 radical (unpaired) electrons. The van der Waals surface area contributed by atoms with Crippen molar-refractivity contribution in [3.05, 3.63) is 71.1 Å². The zero-order valence-electron chi connectivity index (χ0n) is 16.5. The van der Waals surface area contributed by atoms with Gasteiger partial charge in [-0.25, -0.2) is 14.4 Å². The topological polar surface area (TPSA) is 59.3 Å². The van der Waals surface area contributed by atoms with Gasteiger partial charge in [-0.2, -0.15) is 0 Å². The molecular formula is C22H17FN4OS3. The van der Waals surface area contributed by atoms with Crippen LogP contribution in [0.4, 0.5) is 4.39 Å². The highest BCUT2D eigenvalue weighted by Crippen LogP contribution is 2.30. The average Bonchev–Trinajstić information content (AvgIpc) is 3.45. The molecule has 0 fully saturated rings. The summed E-state index contributed by atoms with van der Waals surface area (Å²) in [5.41, 5.74) is 3.68. The summed E-state index contributed by atoms with van der Waals surface area (Å²) in [4.78, 5) is 23.4. The van der Waals surface area contributed by atoms with Crippen LogP contribution in [0.25, 0.3) is 26.4 Å². The zero-order valence-corrected chi connectivity index (χ0v) is 18.9. The van der Waals surface area contributed by atoms with Crippen molar-refractivity contribution in [2.45, 2.75) is 17.8 Å². The fourth-order valence-corrected chi connectivity index (χ4v) is 6.13. The molecule has 31 heavy (non-hydrogen) atoms. The molecule has 0 spiro atoms. The quantitative estimate of drug-likeness (QED) is 0.333. The highest BCUT2D eigenvalue weighted by Gasteiger charge is 2.14. The molecule has 0 aliphatic heterocycles. The maximum absolute atomic E-state index is 13.2. The van der Waals surface area contributed by atoms with E-state index in [0.29, 0.717) is 12.3 Å². The molecule has 0 saturated heterocycles. The minimum absolute atomic E-state index is 0.0262. The number of hydrogen-bond donors (Lipinski definition) is 1. The van der Waals surface area contributed by atoms with Crippen LogP contribution in [0.15, 0.2) is 59.1 Å². The average molecular weight is 469 g/mol. The Bertz CT molecular complexity index is 1350. The van der Waals surface area contributed by atoms with E-state index in [4.69, 9.17) is 0 Å². The third kappa shape index (κ3) is 4.21. The van der Waals surface area contributed by atoms with Gasteiger partial charge in [0.2, 0.25) is 5.91 Å². The van der Waals surface area contributed by atoms with Crippen LogP contribution in [0.5, 0.6) is 0 Å². The number of halogens is 1. The summed E-state index contributed by atoms with van der Waals surface area (Å²) in [5, 5.41) is 2.99. The van der Waals surface area contributed by atoms with Gasteiger partial charge in [-0.1, -0.05) is 35.2 Å². The molecule has 9 heteroatoms. The number of rotatable bonds is 6. The number of nitrogens with one attached hydrogen (secondary N) is 1. The largest absolute Gasteiger partial charge is 0.350 e. The fraction of sp³-hybridized carbons (Fsp3) is 0.136. The highest BCUT2D eigenvalue weighted by atomic mass is 32.2. The monoisotopic (exact) mass is 468 g/mol. The molecule has 5 aromatic rings. The molecule has 0 saturated carbocycles. The molecule has 3 heterocycles. The second-order valence-corrected chi connectivity index (χ2v) is 10.2. The van der Waals surface area contributed by atoms with Crippen LogP contribution >= 0.6 is 34.4 Å². The normalized spacial score (nSPS) is 11.4. The number of nitrogens with zero attached hydrogens (tertiary/aromatic N) is 3. The number of amides is 1. The molecule has 2 aromatic carbocycles. The van der Waals surface area contributed by atoms with E-state index >= 15 is 0 Å². The van der Waals surface area contributed by atoms with E-state index in [0.717, 1.165) is 41.3 Å². The van der Waals surface area contributed by atoms with Crippen LogP contribution in [0.2, 0.25) is 0 Å². The van der Waals surface area contributed by atoms with Gasteiger partial charge in [0.25, 0.3) is 0 Å². The number of benzene rings is 2. The van der Waals surface area contributed by atoms with Gasteiger partial charge in [0, 0.05) is 22.3 Å². The molecule has 1 N–H and O–H groups in total. The molecule has 0 bridgehead atoms. The van der Waals surface area contributed by atoms with Crippen molar-refractivity contribution < 1.29 is 9.18 Å². The van der Waals surface area contributed by atoms with Gasteiger partial charge in [-0.3, -0.25) is 9.20 Å². The summed E-state index contributed by atoms with van der Waals surface area (Å²) in [6.45, 7) is 2.47. The van der Waals surface area contributed by atoms with E-state index in [2.05, 4.69) is 15.3 Å². The molecule has 156 valence electrons. The smallest absolute Gasteiger partial charge is 0.230 e. The lowest BCUT2D eigenvalue weighted by molar-refractivity contribution is -0.118. The van der Waals surface area contributed by atoms with Gasteiger partial charge in [0.1, 0.15) is 5.82 Å². The van der Waals surface area contributed by atoms with Gasteiger partial charge < -0.3 is 5.32 Å². The van der Waals surface area contributed by atoms with Crippen molar-refractivity contribution in [1.29, 1.82) is 0 Å². The maximum Gasteiger partial charge on any atom is 0.230 e. The standard InChI is InChI=1S/C22H17FN4OS3/c1-13-19(30-21-25-17(11-27(13)21)14-6-8-15(23)9-7-14)10-24-20(28)12-29-22-26-16-4-2-3-5-18(16)31-22/h2-9,11H,10,12H2,1H3,(H,24,28). The SMILES string of the molecule is Cc1c(CNC(=O)CSc2nc3ccccc3s2)sc2nc(-c3ccc(F)cc3)cn12. The third-order valence-corrected chi connectivity index (χ3v) is 8.18. The molecule has 0 atom stereocenters. The molecule has 5 rings (SSSR count). The number of para-hydroxylation sites is 1. The lowest BCUT2D eigenvalue weighted by Gasteiger charge is -2.03. The maximum atomic E-state index is 13.2. The summed E-state index contributed by atoms with van der Waals surface area (Å²) in [6.07, 6.45) is 1.95. The Hall–Kier alpha value is -2.75. The molecule has 0 unspecified atom stereocenters. The van der Waals surface area contributed by atoms with Crippen LogP contribution < -0.4 is 5.32 Å². The van der Waals surface area contributed by atoms with Gasteiger partial charge in [0.05, 0.1) is 28.2 Å². The van der Waals surface area contributed by atoms with E-state index < -0.39 is 0 Å². The number of aryl methyl sites for hydroxylation is 1. The number of carbonyl (C=O) groups is 1. The second kappa shape index (κ2) is 8.41. The van der Waals surface area contributed by atoms with Gasteiger partial charge >= 0.3 is 0 Å². The third-order valence-electron chi connectivity index (χ3n) is 4.84. The minimum Gasteiger partial charge on any atom is -0.350 e. The Kier molecular flexibility index (Phi) is 5.47. The lowest BCUT2D eigenvalue weighted by Crippen LogP contribution is -2.24. The number of aromatic nitrogens is 3. The Morgan fingerprint density at radius 1 is 1.13 bits per heavy atom. The summed E-state index contributed by atoms with van der Waals surface area (Å²) < 4.78 is 17.2. The van der Waals surface area contributed by atoms with Crippen molar-refractivity contribution in [1.82, 2.24) is 19.7 Å². The first-order chi connectivity index (χ1) is 15.1. The van der Waals surface area contributed by atoms with Crippen LogP contribution in [-0.2, 0) is 11.3 Å². The van der Waals surface area contributed by atoms with Crippen molar-refractivity contribution >= 4 is 55.5 Å².